The average molecular weight is 359 g/mol. The predicted octanol–water partition coefficient (Wildman–Crippen LogP) is 3.04. The number of Topliss-reactive ketones (excluding diaryl/α,β-unsaturated/α-hetero) is 1. The van der Waals surface area contributed by atoms with Gasteiger partial charge in [0.2, 0.25) is 5.91 Å². The van der Waals surface area contributed by atoms with Crippen LogP contribution in [0.3, 0.4) is 0 Å². The lowest BCUT2D eigenvalue weighted by atomic mass is 10.1. The molecule has 0 saturated carbocycles. The number of nitrogens with zero attached hydrogens (tertiary/aromatic N) is 1. The molecule has 7 heteroatoms. The first-order valence-corrected chi connectivity index (χ1v) is 8.95. The first-order chi connectivity index (χ1) is 11.9. The summed E-state index contributed by atoms with van der Waals surface area (Å²) in [6, 6.07) is 8.26. The summed E-state index contributed by atoms with van der Waals surface area (Å²) in [5.41, 5.74) is 1.60. The summed E-state index contributed by atoms with van der Waals surface area (Å²) in [6.45, 7) is 5.23. The molecule has 0 saturated heterocycles. The van der Waals surface area contributed by atoms with E-state index in [-0.39, 0.29) is 17.2 Å². The lowest BCUT2D eigenvalue weighted by Crippen LogP contribution is -2.23. The molecule has 0 radical (unpaired) electrons. The topological polar surface area (TPSA) is 91.9 Å². The van der Waals surface area contributed by atoms with Crippen LogP contribution in [0.5, 0.6) is 0 Å². The van der Waals surface area contributed by atoms with E-state index in [0.717, 1.165) is 18.5 Å². The van der Waals surface area contributed by atoms with E-state index in [1.807, 2.05) is 6.92 Å². The van der Waals surface area contributed by atoms with Crippen molar-refractivity contribution in [2.45, 2.75) is 44.0 Å². The van der Waals surface area contributed by atoms with Gasteiger partial charge in [-0.15, -0.1) is 0 Å². The normalized spacial score (nSPS) is 11.8. The minimum atomic E-state index is -0.457. The molecule has 0 spiro atoms. The number of aromatic nitrogens is 2. The highest BCUT2D eigenvalue weighted by atomic mass is 32.2. The molecule has 6 nitrogen and oxygen atoms in total. The van der Waals surface area contributed by atoms with Gasteiger partial charge >= 0.3 is 0 Å². The Bertz CT molecular complexity index is 832. The lowest BCUT2D eigenvalue weighted by molar-refractivity contribution is -0.115. The van der Waals surface area contributed by atoms with Gasteiger partial charge in [-0.25, -0.2) is 4.98 Å². The van der Waals surface area contributed by atoms with E-state index in [0.29, 0.717) is 16.4 Å². The van der Waals surface area contributed by atoms with E-state index in [9.17, 15) is 14.4 Å². The van der Waals surface area contributed by atoms with Gasteiger partial charge in [-0.3, -0.25) is 14.4 Å². The molecule has 1 atom stereocenters. The van der Waals surface area contributed by atoms with E-state index >= 15 is 0 Å². The Labute approximate surface area is 150 Å². The molecule has 1 amide bonds. The Morgan fingerprint density at radius 3 is 2.76 bits per heavy atom. The summed E-state index contributed by atoms with van der Waals surface area (Å²) in [7, 11) is 0. The minimum absolute atomic E-state index is 0.0620. The van der Waals surface area contributed by atoms with E-state index in [1.54, 1.807) is 31.2 Å². The van der Waals surface area contributed by atoms with Gasteiger partial charge in [-0.1, -0.05) is 37.2 Å². The summed E-state index contributed by atoms with van der Waals surface area (Å²) in [5.74, 6) is -0.290. The molecule has 1 aromatic carbocycles. The summed E-state index contributed by atoms with van der Waals surface area (Å²) < 4.78 is 0. The fraction of sp³-hybridized carbons (Fsp3) is 0.333. The second kappa shape index (κ2) is 8.62. The number of benzene rings is 1. The molecule has 2 N–H and O–H groups in total. The number of aromatic amines is 1. The second-order valence-electron chi connectivity index (χ2n) is 5.68. The zero-order valence-electron chi connectivity index (χ0n) is 14.5. The summed E-state index contributed by atoms with van der Waals surface area (Å²) in [4.78, 5) is 42.5. The Balaban J connectivity index is 2.06. The minimum Gasteiger partial charge on any atom is -0.325 e. The molecular weight excluding hydrogens is 338 g/mol. The van der Waals surface area contributed by atoms with Gasteiger partial charge in [0.1, 0.15) is 0 Å². The number of anilines is 1. The Morgan fingerprint density at radius 1 is 1.32 bits per heavy atom. The number of aryl methyl sites for hydroxylation is 1. The van der Waals surface area contributed by atoms with Crippen molar-refractivity contribution in [2.24, 2.45) is 0 Å². The first-order valence-electron chi connectivity index (χ1n) is 8.07. The van der Waals surface area contributed by atoms with Crippen LogP contribution in [0.4, 0.5) is 5.69 Å². The highest BCUT2D eigenvalue weighted by Crippen LogP contribution is 2.21. The van der Waals surface area contributed by atoms with E-state index in [2.05, 4.69) is 15.3 Å². The van der Waals surface area contributed by atoms with Crippen LogP contribution in [-0.2, 0) is 11.2 Å². The molecule has 0 unspecified atom stereocenters. The number of H-pyrrole nitrogens is 1. The van der Waals surface area contributed by atoms with Gasteiger partial charge in [0.05, 0.1) is 5.25 Å². The zero-order chi connectivity index (χ0) is 18.4. The third-order valence-corrected chi connectivity index (χ3v) is 4.46. The number of thioether (sulfide) groups is 1. The molecule has 0 aliphatic carbocycles. The largest absolute Gasteiger partial charge is 0.325 e. The van der Waals surface area contributed by atoms with E-state index < -0.39 is 5.25 Å². The molecule has 1 heterocycles. The van der Waals surface area contributed by atoms with Gasteiger partial charge in [-0.05, 0) is 32.4 Å². The standard InChI is InChI=1S/C18H21N3O3S/c1-4-6-14-10-16(23)21-18(20-14)25-12(3)17(24)19-15-8-5-7-13(9-15)11(2)22/h5,7-10,12H,4,6H2,1-3H3,(H,19,24)(H,20,21,23)/t12-/m1/s1. The fourth-order valence-corrected chi connectivity index (χ4v) is 3.03. The number of carbonyl (C=O) groups excluding carboxylic acids is 2. The number of hydrogen-bond donors (Lipinski definition) is 2. The molecule has 0 aliphatic heterocycles. The number of nitrogens with one attached hydrogen (secondary N) is 2. The van der Waals surface area contributed by atoms with Crippen molar-refractivity contribution in [1.82, 2.24) is 9.97 Å². The Morgan fingerprint density at radius 2 is 2.08 bits per heavy atom. The van der Waals surface area contributed by atoms with Crippen molar-refractivity contribution >= 4 is 29.1 Å². The quantitative estimate of drug-likeness (QED) is 0.450. The highest BCUT2D eigenvalue weighted by Gasteiger charge is 2.17. The van der Waals surface area contributed by atoms with Crippen LogP contribution >= 0.6 is 11.8 Å². The van der Waals surface area contributed by atoms with Crippen molar-refractivity contribution < 1.29 is 9.59 Å². The van der Waals surface area contributed by atoms with Crippen LogP contribution in [0, 0.1) is 0 Å². The van der Waals surface area contributed by atoms with Gasteiger partial charge in [0.15, 0.2) is 10.9 Å². The molecule has 25 heavy (non-hydrogen) atoms. The second-order valence-corrected chi connectivity index (χ2v) is 7.01. The van der Waals surface area contributed by atoms with Gasteiger partial charge in [-0.2, -0.15) is 0 Å². The number of ketones is 1. The van der Waals surface area contributed by atoms with Crippen LogP contribution in [0.25, 0.3) is 0 Å². The molecule has 0 fully saturated rings. The Hall–Kier alpha value is -2.41. The lowest BCUT2D eigenvalue weighted by Gasteiger charge is -2.12. The maximum absolute atomic E-state index is 12.4. The molecule has 1 aromatic heterocycles. The van der Waals surface area contributed by atoms with Crippen molar-refractivity contribution in [1.29, 1.82) is 0 Å². The van der Waals surface area contributed by atoms with Gasteiger partial charge in [0.25, 0.3) is 5.56 Å². The van der Waals surface area contributed by atoms with E-state index in [4.69, 9.17) is 0 Å². The van der Waals surface area contributed by atoms with Gasteiger partial charge < -0.3 is 10.3 Å². The van der Waals surface area contributed by atoms with Crippen molar-refractivity contribution in [3.05, 3.63) is 51.9 Å². The maximum Gasteiger partial charge on any atom is 0.251 e. The molecule has 2 aromatic rings. The van der Waals surface area contributed by atoms with Crippen molar-refractivity contribution in [2.75, 3.05) is 5.32 Å². The number of hydrogen-bond acceptors (Lipinski definition) is 5. The van der Waals surface area contributed by atoms with Crippen molar-refractivity contribution in [3.8, 4) is 0 Å². The fourth-order valence-electron chi connectivity index (χ4n) is 2.20. The number of amides is 1. The first kappa shape index (κ1) is 18.9. The van der Waals surface area contributed by atoms with Crippen LogP contribution in [-0.4, -0.2) is 26.9 Å². The van der Waals surface area contributed by atoms with Crippen LogP contribution in [0.15, 0.2) is 40.3 Å². The van der Waals surface area contributed by atoms with Crippen LogP contribution in [0.2, 0.25) is 0 Å². The van der Waals surface area contributed by atoms with Crippen molar-refractivity contribution in [3.63, 3.8) is 0 Å². The molecule has 132 valence electrons. The summed E-state index contributed by atoms with van der Waals surface area (Å²) in [6.07, 6.45) is 1.61. The molecule has 0 bridgehead atoms. The third kappa shape index (κ3) is 5.56. The number of carbonyl (C=O) groups is 2. The third-order valence-electron chi connectivity index (χ3n) is 3.47. The number of rotatable bonds is 7. The monoisotopic (exact) mass is 359 g/mol. The van der Waals surface area contributed by atoms with Crippen LogP contribution < -0.4 is 10.9 Å². The summed E-state index contributed by atoms with van der Waals surface area (Å²) in [5, 5.41) is 2.75. The van der Waals surface area contributed by atoms with Gasteiger partial charge in [0, 0.05) is 23.0 Å². The van der Waals surface area contributed by atoms with Crippen LogP contribution in [0.1, 0.15) is 43.2 Å². The SMILES string of the molecule is CCCc1cc(=O)[nH]c(S[C@H](C)C(=O)Nc2cccc(C(C)=O)c2)n1. The molecule has 0 aliphatic rings. The predicted molar refractivity (Wildman–Crippen MR) is 99.2 cm³/mol. The smallest absolute Gasteiger partial charge is 0.251 e. The average Bonchev–Trinajstić information content (AvgIpc) is 2.54. The summed E-state index contributed by atoms with van der Waals surface area (Å²) >= 11 is 1.19. The zero-order valence-corrected chi connectivity index (χ0v) is 15.3. The molecule has 2 rings (SSSR count). The van der Waals surface area contributed by atoms with E-state index in [1.165, 1.54) is 24.8 Å². The Kier molecular flexibility index (Phi) is 6.52. The maximum atomic E-state index is 12.4. The molecular formula is C18H21N3O3S. The highest BCUT2D eigenvalue weighted by molar-refractivity contribution is 8.00.